The number of nitrogens with one attached hydrogen (secondary N) is 1. The molecule has 0 bridgehead atoms. The summed E-state index contributed by atoms with van der Waals surface area (Å²) in [5, 5.41) is 26.4. The minimum atomic E-state index is -0.616. The van der Waals surface area contributed by atoms with Crippen molar-refractivity contribution in [1.29, 1.82) is 0 Å². The van der Waals surface area contributed by atoms with Crippen LogP contribution in [0.2, 0.25) is 0 Å². The van der Waals surface area contributed by atoms with Crippen LogP contribution in [0.1, 0.15) is 11.1 Å². The van der Waals surface area contributed by atoms with Gasteiger partial charge < -0.3 is 9.47 Å². The molecule has 0 amide bonds. The molecule has 0 saturated heterocycles. The molecule has 11 heteroatoms. The van der Waals surface area contributed by atoms with E-state index >= 15 is 0 Å². The van der Waals surface area contributed by atoms with Crippen molar-refractivity contribution in [2.24, 2.45) is 5.10 Å². The number of hydrogen-bond donors (Lipinski definition) is 1. The van der Waals surface area contributed by atoms with Crippen LogP contribution in [-0.4, -0.2) is 28.2 Å². The highest BCUT2D eigenvalue weighted by Crippen LogP contribution is 2.34. The zero-order valence-electron chi connectivity index (χ0n) is 16.3. The van der Waals surface area contributed by atoms with Crippen molar-refractivity contribution in [1.82, 2.24) is 4.98 Å². The molecular weight excluding hydrogens is 406 g/mol. The highest BCUT2D eigenvalue weighted by molar-refractivity contribution is 5.87. The number of methoxy groups -OCH3 is 1. The first kappa shape index (κ1) is 21.2. The molecule has 11 nitrogen and oxygen atoms in total. The second kappa shape index (κ2) is 9.78. The van der Waals surface area contributed by atoms with Gasteiger partial charge in [-0.2, -0.15) is 5.10 Å². The molecule has 0 unspecified atom stereocenters. The van der Waals surface area contributed by atoms with Gasteiger partial charge in [0.1, 0.15) is 6.61 Å². The molecule has 1 aromatic heterocycles. The highest BCUT2D eigenvalue weighted by Gasteiger charge is 2.19. The van der Waals surface area contributed by atoms with Crippen LogP contribution in [0.25, 0.3) is 0 Å². The summed E-state index contributed by atoms with van der Waals surface area (Å²) >= 11 is 0. The monoisotopic (exact) mass is 423 g/mol. The van der Waals surface area contributed by atoms with Gasteiger partial charge in [-0.05, 0) is 17.7 Å². The van der Waals surface area contributed by atoms with E-state index in [0.29, 0.717) is 0 Å². The summed E-state index contributed by atoms with van der Waals surface area (Å²) in [4.78, 5) is 25.2. The van der Waals surface area contributed by atoms with Gasteiger partial charge in [0.05, 0.1) is 34.8 Å². The van der Waals surface area contributed by atoms with E-state index in [0.717, 1.165) is 11.8 Å². The van der Waals surface area contributed by atoms with E-state index in [1.165, 1.54) is 37.6 Å². The topological polar surface area (TPSA) is 142 Å². The van der Waals surface area contributed by atoms with Crippen molar-refractivity contribution in [3.8, 4) is 11.5 Å². The van der Waals surface area contributed by atoms with Crippen molar-refractivity contribution in [2.75, 3.05) is 12.5 Å². The molecule has 0 saturated carbocycles. The van der Waals surface area contributed by atoms with E-state index in [1.54, 1.807) is 0 Å². The maximum Gasteiger partial charge on any atom is 0.313 e. The predicted octanol–water partition coefficient (Wildman–Crippen LogP) is 3.93. The lowest BCUT2D eigenvalue weighted by atomic mass is 10.1. The van der Waals surface area contributed by atoms with E-state index < -0.39 is 9.85 Å². The van der Waals surface area contributed by atoms with Crippen LogP contribution in [0.5, 0.6) is 11.5 Å². The van der Waals surface area contributed by atoms with E-state index in [1.807, 2.05) is 30.3 Å². The molecule has 0 spiro atoms. The number of aromatic nitrogens is 1. The molecule has 3 rings (SSSR count). The van der Waals surface area contributed by atoms with Gasteiger partial charge in [0.2, 0.25) is 5.82 Å². The third-order valence-electron chi connectivity index (χ3n) is 4.10. The molecule has 2 aromatic carbocycles. The van der Waals surface area contributed by atoms with E-state index in [9.17, 15) is 20.2 Å². The lowest BCUT2D eigenvalue weighted by Gasteiger charge is -2.12. The second-order valence-corrected chi connectivity index (χ2v) is 6.09. The summed E-state index contributed by atoms with van der Waals surface area (Å²) in [5.74, 6) is 0.372. The average molecular weight is 423 g/mol. The molecule has 0 atom stereocenters. The molecule has 0 aliphatic carbocycles. The summed E-state index contributed by atoms with van der Waals surface area (Å²) in [5.41, 5.74) is 2.87. The minimum absolute atomic E-state index is 0.0961. The Balaban J connectivity index is 1.85. The van der Waals surface area contributed by atoms with Gasteiger partial charge in [0, 0.05) is 12.3 Å². The summed E-state index contributed by atoms with van der Waals surface area (Å²) in [6.07, 6.45) is 2.51. The molecule has 0 fully saturated rings. The predicted molar refractivity (Wildman–Crippen MR) is 113 cm³/mol. The third-order valence-corrected chi connectivity index (χ3v) is 4.10. The van der Waals surface area contributed by atoms with Gasteiger partial charge in [-0.3, -0.25) is 25.7 Å². The van der Waals surface area contributed by atoms with Crippen molar-refractivity contribution >= 4 is 23.4 Å². The van der Waals surface area contributed by atoms with Crippen molar-refractivity contribution in [3.05, 3.63) is 92.1 Å². The Morgan fingerprint density at radius 1 is 1.03 bits per heavy atom. The highest BCUT2D eigenvalue weighted by atomic mass is 16.6. The standard InChI is InChI=1S/C20H17N5O6/c1-30-18-10-15(12-22-23-20-16(24(26)27)8-5-9-21-20)17(25(28)29)11-19(18)31-13-14-6-3-2-4-7-14/h2-12H,13H2,1H3,(H,21,23)/b22-12-. The second-order valence-electron chi connectivity index (χ2n) is 6.09. The fraction of sp³-hybridized carbons (Fsp3) is 0.100. The quantitative estimate of drug-likeness (QED) is 0.310. The Morgan fingerprint density at radius 3 is 2.45 bits per heavy atom. The summed E-state index contributed by atoms with van der Waals surface area (Å²) in [6, 6.07) is 14.6. The van der Waals surface area contributed by atoms with Crippen LogP contribution in [0, 0.1) is 20.2 Å². The summed E-state index contributed by atoms with van der Waals surface area (Å²) < 4.78 is 11.0. The molecule has 31 heavy (non-hydrogen) atoms. The van der Waals surface area contributed by atoms with E-state index in [-0.39, 0.29) is 40.9 Å². The first-order chi connectivity index (χ1) is 15.0. The van der Waals surface area contributed by atoms with Crippen molar-refractivity contribution in [2.45, 2.75) is 6.61 Å². The molecular formula is C20H17N5O6. The summed E-state index contributed by atoms with van der Waals surface area (Å²) in [6.45, 7) is 0.201. The number of hydrogen-bond acceptors (Lipinski definition) is 9. The Morgan fingerprint density at radius 2 is 1.77 bits per heavy atom. The normalized spacial score (nSPS) is 10.6. The Bertz CT molecular complexity index is 1120. The Labute approximate surface area is 176 Å². The van der Waals surface area contributed by atoms with Crippen LogP contribution in [0.4, 0.5) is 17.2 Å². The molecule has 0 radical (unpaired) electrons. The largest absolute Gasteiger partial charge is 0.493 e. The van der Waals surface area contributed by atoms with Gasteiger partial charge in [0.15, 0.2) is 11.5 Å². The Kier molecular flexibility index (Phi) is 6.68. The van der Waals surface area contributed by atoms with E-state index in [4.69, 9.17) is 9.47 Å². The number of benzene rings is 2. The van der Waals surface area contributed by atoms with Crippen LogP contribution < -0.4 is 14.9 Å². The molecule has 0 aliphatic heterocycles. The number of hydrazone groups is 1. The molecule has 3 aromatic rings. The fourth-order valence-electron chi connectivity index (χ4n) is 2.63. The van der Waals surface area contributed by atoms with Crippen LogP contribution in [0.15, 0.2) is 65.9 Å². The minimum Gasteiger partial charge on any atom is -0.493 e. The van der Waals surface area contributed by atoms with Gasteiger partial charge >= 0.3 is 5.69 Å². The number of ether oxygens (including phenoxy) is 2. The Hall–Kier alpha value is -4.54. The van der Waals surface area contributed by atoms with Crippen LogP contribution in [-0.2, 0) is 6.61 Å². The lowest BCUT2D eigenvalue weighted by Crippen LogP contribution is -2.03. The third kappa shape index (κ3) is 5.29. The number of nitrogens with zero attached hydrogens (tertiary/aromatic N) is 4. The van der Waals surface area contributed by atoms with Crippen LogP contribution in [0.3, 0.4) is 0 Å². The van der Waals surface area contributed by atoms with Crippen molar-refractivity contribution < 1.29 is 19.3 Å². The number of nitro benzene ring substituents is 1. The molecule has 158 valence electrons. The molecule has 0 aliphatic rings. The smallest absolute Gasteiger partial charge is 0.313 e. The maximum atomic E-state index is 11.5. The van der Waals surface area contributed by atoms with E-state index in [2.05, 4.69) is 15.5 Å². The van der Waals surface area contributed by atoms with Crippen molar-refractivity contribution in [3.63, 3.8) is 0 Å². The lowest BCUT2D eigenvalue weighted by molar-refractivity contribution is -0.385. The fourth-order valence-corrected chi connectivity index (χ4v) is 2.63. The van der Waals surface area contributed by atoms with Crippen LogP contribution >= 0.6 is 0 Å². The number of anilines is 1. The number of nitro groups is 2. The molecule has 1 N–H and O–H groups in total. The van der Waals surface area contributed by atoms with Gasteiger partial charge in [-0.25, -0.2) is 4.98 Å². The zero-order chi connectivity index (χ0) is 22.2. The average Bonchev–Trinajstić information content (AvgIpc) is 2.78. The molecule has 1 heterocycles. The van der Waals surface area contributed by atoms with Gasteiger partial charge in [-0.1, -0.05) is 30.3 Å². The van der Waals surface area contributed by atoms with Gasteiger partial charge in [0.25, 0.3) is 5.69 Å². The number of rotatable bonds is 9. The maximum absolute atomic E-state index is 11.5. The first-order valence-corrected chi connectivity index (χ1v) is 8.91. The zero-order valence-corrected chi connectivity index (χ0v) is 16.3. The van der Waals surface area contributed by atoms with Gasteiger partial charge in [-0.15, -0.1) is 0 Å². The summed E-state index contributed by atoms with van der Waals surface area (Å²) in [7, 11) is 1.41. The number of pyridine rings is 1. The SMILES string of the molecule is COc1cc(/C=N\Nc2ncccc2[N+](=O)[O-])c([N+](=O)[O-])cc1OCc1ccccc1. The first-order valence-electron chi connectivity index (χ1n) is 8.91.